The van der Waals surface area contributed by atoms with E-state index in [1.807, 2.05) is 42.5 Å². The molecule has 0 saturated carbocycles. The Morgan fingerprint density at radius 2 is 1.70 bits per heavy atom. The van der Waals surface area contributed by atoms with Crippen LogP contribution in [0, 0.1) is 5.82 Å². The van der Waals surface area contributed by atoms with Crippen LogP contribution in [0.25, 0.3) is 22.2 Å². The van der Waals surface area contributed by atoms with E-state index < -0.39 is 0 Å². The summed E-state index contributed by atoms with van der Waals surface area (Å²) >= 11 is 6.15. The Bertz CT molecular complexity index is 1130. The van der Waals surface area contributed by atoms with E-state index in [1.165, 1.54) is 12.3 Å². The second kappa shape index (κ2) is 7.51. The molecule has 27 heavy (non-hydrogen) atoms. The first-order valence-electron chi connectivity index (χ1n) is 8.27. The highest BCUT2D eigenvalue weighted by atomic mass is 35.5. The highest BCUT2D eigenvalue weighted by molar-refractivity contribution is 6.31. The predicted molar refractivity (Wildman–Crippen MR) is 108 cm³/mol. The van der Waals surface area contributed by atoms with E-state index >= 15 is 0 Å². The molecule has 0 bridgehead atoms. The summed E-state index contributed by atoms with van der Waals surface area (Å²) in [5, 5.41) is 5.52. The minimum atomic E-state index is -0.345. The minimum Gasteiger partial charge on any atom is -0.245 e. The lowest BCUT2D eigenvalue weighted by Gasteiger charge is -2.09. The zero-order chi connectivity index (χ0) is 18.6. The lowest BCUT2D eigenvalue weighted by Crippen LogP contribution is -2.00. The largest absolute Gasteiger partial charge is 0.245 e. The maximum absolute atomic E-state index is 13.7. The number of hydrogen-bond donors (Lipinski definition) is 1. The molecule has 6 heteroatoms. The summed E-state index contributed by atoms with van der Waals surface area (Å²) in [6, 6.07) is 21.6. The first-order chi connectivity index (χ1) is 13.2. The molecule has 0 saturated heterocycles. The third-order valence-corrected chi connectivity index (χ3v) is 4.21. The molecule has 0 spiro atoms. The summed E-state index contributed by atoms with van der Waals surface area (Å²) in [5.41, 5.74) is 5.57. The molecule has 0 aliphatic rings. The minimum absolute atomic E-state index is 0.316. The van der Waals surface area contributed by atoms with E-state index in [9.17, 15) is 4.39 Å². The zero-order valence-corrected chi connectivity index (χ0v) is 14.9. The van der Waals surface area contributed by atoms with Crippen molar-refractivity contribution in [3.63, 3.8) is 0 Å². The van der Waals surface area contributed by atoms with Crippen LogP contribution in [-0.4, -0.2) is 16.2 Å². The number of benzene rings is 3. The van der Waals surface area contributed by atoms with Crippen LogP contribution in [-0.2, 0) is 0 Å². The van der Waals surface area contributed by atoms with Crippen molar-refractivity contribution in [3.8, 4) is 11.3 Å². The molecule has 1 N–H and O–H groups in total. The molecule has 1 aromatic heterocycles. The van der Waals surface area contributed by atoms with E-state index in [1.54, 1.807) is 24.3 Å². The van der Waals surface area contributed by atoms with Gasteiger partial charge in [-0.25, -0.2) is 19.8 Å². The number of hydrogen-bond acceptors (Lipinski definition) is 4. The van der Waals surface area contributed by atoms with Crippen molar-refractivity contribution >= 4 is 34.7 Å². The van der Waals surface area contributed by atoms with E-state index in [-0.39, 0.29) is 5.82 Å². The van der Waals surface area contributed by atoms with Gasteiger partial charge in [-0.3, -0.25) is 0 Å². The fraction of sp³-hybridized carbons (Fsp3) is 0. The van der Waals surface area contributed by atoms with Gasteiger partial charge >= 0.3 is 0 Å². The Kier molecular flexibility index (Phi) is 4.77. The van der Waals surface area contributed by atoms with Crippen LogP contribution in [0.4, 0.5) is 10.3 Å². The number of nitrogens with one attached hydrogen (secondary N) is 1. The molecular weight excluding hydrogens is 363 g/mol. The van der Waals surface area contributed by atoms with Crippen LogP contribution < -0.4 is 5.43 Å². The number of anilines is 1. The van der Waals surface area contributed by atoms with Crippen molar-refractivity contribution in [3.05, 3.63) is 89.2 Å². The number of nitrogens with zero attached hydrogens (tertiary/aromatic N) is 3. The van der Waals surface area contributed by atoms with E-state index in [0.717, 1.165) is 22.2 Å². The summed E-state index contributed by atoms with van der Waals surface area (Å²) in [5.74, 6) is -0.0293. The Morgan fingerprint density at radius 3 is 2.52 bits per heavy atom. The monoisotopic (exact) mass is 376 g/mol. The maximum Gasteiger partial charge on any atom is 0.244 e. The van der Waals surface area contributed by atoms with Crippen molar-refractivity contribution in [2.45, 2.75) is 0 Å². The molecule has 4 aromatic rings. The van der Waals surface area contributed by atoms with Crippen LogP contribution in [0.15, 0.2) is 77.9 Å². The Balaban J connectivity index is 1.74. The van der Waals surface area contributed by atoms with Gasteiger partial charge in [-0.1, -0.05) is 60.1 Å². The van der Waals surface area contributed by atoms with Gasteiger partial charge in [-0.15, -0.1) is 0 Å². The topological polar surface area (TPSA) is 50.2 Å². The smallest absolute Gasteiger partial charge is 0.244 e. The second-order valence-electron chi connectivity index (χ2n) is 5.81. The number of fused-ring (bicyclic) bond motifs is 1. The van der Waals surface area contributed by atoms with Crippen molar-refractivity contribution in [1.29, 1.82) is 0 Å². The van der Waals surface area contributed by atoms with Gasteiger partial charge in [0, 0.05) is 21.5 Å². The molecule has 0 aliphatic heterocycles. The van der Waals surface area contributed by atoms with E-state index in [2.05, 4.69) is 20.5 Å². The summed E-state index contributed by atoms with van der Waals surface area (Å²) in [4.78, 5) is 9.05. The first-order valence-corrected chi connectivity index (χ1v) is 8.65. The predicted octanol–water partition coefficient (Wildman–Crippen LogP) is 5.54. The van der Waals surface area contributed by atoms with Gasteiger partial charge < -0.3 is 0 Å². The Labute approximate surface area is 160 Å². The maximum atomic E-state index is 13.7. The van der Waals surface area contributed by atoms with Crippen molar-refractivity contribution in [2.75, 3.05) is 5.43 Å². The standard InChI is InChI=1S/C21H14ClFN4/c22-16-10-11-19-17(12-16)20(14-6-2-1-3-7-14)26-21(25-19)27-24-13-15-8-4-5-9-18(15)23/h1-13H,(H,25,26,27). The van der Waals surface area contributed by atoms with Crippen LogP contribution in [0.1, 0.15) is 5.56 Å². The molecule has 3 aromatic carbocycles. The summed E-state index contributed by atoms with van der Waals surface area (Å²) < 4.78 is 13.7. The molecule has 4 nitrogen and oxygen atoms in total. The summed E-state index contributed by atoms with van der Waals surface area (Å²) in [7, 11) is 0. The number of halogens is 2. The molecule has 132 valence electrons. The van der Waals surface area contributed by atoms with Crippen molar-refractivity contribution in [1.82, 2.24) is 9.97 Å². The van der Waals surface area contributed by atoms with Gasteiger partial charge in [0.1, 0.15) is 5.82 Å². The molecule has 0 amide bonds. The third-order valence-electron chi connectivity index (χ3n) is 3.98. The lowest BCUT2D eigenvalue weighted by molar-refractivity contribution is 0.626. The van der Waals surface area contributed by atoms with Crippen LogP contribution >= 0.6 is 11.6 Å². The van der Waals surface area contributed by atoms with Crippen molar-refractivity contribution < 1.29 is 4.39 Å². The highest BCUT2D eigenvalue weighted by Crippen LogP contribution is 2.29. The molecule has 0 radical (unpaired) electrons. The second-order valence-corrected chi connectivity index (χ2v) is 6.25. The quantitative estimate of drug-likeness (QED) is 0.376. The average Bonchev–Trinajstić information content (AvgIpc) is 2.70. The van der Waals surface area contributed by atoms with Gasteiger partial charge in [-0.2, -0.15) is 5.10 Å². The fourth-order valence-electron chi connectivity index (χ4n) is 2.71. The SMILES string of the molecule is Fc1ccccc1C=NNc1nc(-c2ccccc2)c2cc(Cl)ccc2n1. The molecule has 0 fully saturated rings. The first kappa shape index (κ1) is 17.1. The van der Waals surface area contributed by atoms with Crippen LogP contribution in [0.5, 0.6) is 0 Å². The fourth-order valence-corrected chi connectivity index (χ4v) is 2.88. The van der Waals surface area contributed by atoms with E-state index in [0.29, 0.717) is 16.5 Å². The van der Waals surface area contributed by atoms with Crippen LogP contribution in [0.2, 0.25) is 5.02 Å². The van der Waals surface area contributed by atoms with E-state index in [4.69, 9.17) is 11.6 Å². The van der Waals surface area contributed by atoms with Gasteiger partial charge in [-0.05, 0) is 24.3 Å². The van der Waals surface area contributed by atoms with Gasteiger partial charge in [0.2, 0.25) is 5.95 Å². The molecular formula is C21H14ClFN4. The van der Waals surface area contributed by atoms with Gasteiger partial charge in [0.05, 0.1) is 17.4 Å². The van der Waals surface area contributed by atoms with Crippen LogP contribution in [0.3, 0.4) is 0 Å². The van der Waals surface area contributed by atoms with Gasteiger partial charge in [0.25, 0.3) is 0 Å². The normalized spacial score (nSPS) is 11.2. The molecule has 0 atom stereocenters. The number of hydrazone groups is 1. The molecule has 0 aliphatic carbocycles. The lowest BCUT2D eigenvalue weighted by atomic mass is 10.1. The summed E-state index contributed by atoms with van der Waals surface area (Å²) in [6.07, 6.45) is 1.40. The number of rotatable bonds is 4. The van der Waals surface area contributed by atoms with Crippen molar-refractivity contribution in [2.24, 2.45) is 5.10 Å². The zero-order valence-electron chi connectivity index (χ0n) is 14.1. The van der Waals surface area contributed by atoms with Gasteiger partial charge in [0.15, 0.2) is 0 Å². The molecule has 4 rings (SSSR count). The molecule has 1 heterocycles. The average molecular weight is 377 g/mol. The number of aromatic nitrogens is 2. The highest BCUT2D eigenvalue weighted by Gasteiger charge is 2.10. The molecule has 0 unspecified atom stereocenters. The Morgan fingerprint density at radius 1 is 0.926 bits per heavy atom. The Hall–Kier alpha value is -3.31. The third kappa shape index (κ3) is 3.78. The summed E-state index contributed by atoms with van der Waals surface area (Å²) in [6.45, 7) is 0.